The van der Waals surface area contributed by atoms with Gasteiger partial charge in [0.25, 0.3) is 5.91 Å². The van der Waals surface area contributed by atoms with E-state index in [0.29, 0.717) is 11.2 Å². The summed E-state index contributed by atoms with van der Waals surface area (Å²) in [6.07, 6.45) is 2.46. The largest absolute Gasteiger partial charge is 0.394 e. The van der Waals surface area contributed by atoms with Crippen molar-refractivity contribution in [2.45, 2.75) is 56.0 Å². The van der Waals surface area contributed by atoms with E-state index in [4.69, 9.17) is 15.2 Å². The van der Waals surface area contributed by atoms with Gasteiger partial charge in [0.2, 0.25) is 0 Å². The standard InChI is InChI=1S/C15H21N5O5/c16-13-10-14(18-6-17-13)20(7-19-10)15(24-8-3-1-2-4-8)12(23)11(22)9(5-21)25-15/h6-9,11-12,21-23H,1-5H2,(H2,16,17,18)/t9-,11-,12-,15-/m1/s1. The highest BCUT2D eigenvalue weighted by Crippen LogP contribution is 2.41. The summed E-state index contributed by atoms with van der Waals surface area (Å²) >= 11 is 0. The molecule has 1 saturated heterocycles. The van der Waals surface area contributed by atoms with Crippen molar-refractivity contribution in [3.63, 3.8) is 0 Å². The first kappa shape index (κ1) is 16.6. The van der Waals surface area contributed by atoms with Crippen LogP contribution in [-0.2, 0) is 15.4 Å². The zero-order valence-corrected chi connectivity index (χ0v) is 13.5. The number of nitrogens with zero attached hydrogens (tertiary/aromatic N) is 4. The number of ether oxygens (including phenoxy) is 2. The molecule has 1 aliphatic heterocycles. The molecule has 3 heterocycles. The Morgan fingerprint density at radius 2 is 2.04 bits per heavy atom. The van der Waals surface area contributed by atoms with Crippen LogP contribution in [0.5, 0.6) is 0 Å². The van der Waals surface area contributed by atoms with Crippen molar-refractivity contribution < 1.29 is 24.8 Å². The number of aliphatic hydroxyl groups excluding tert-OH is 3. The first-order valence-electron chi connectivity index (χ1n) is 8.33. The molecule has 0 unspecified atom stereocenters. The second-order valence-electron chi connectivity index (χ2n) is 6.48. The Morgan fingerprint density at radius 1 is 1.28 bits per heavy atom. The SMILES string of the molecule is Nc1ncnc2c1ncn2[C@]1(OC2CCCC2)O[C@H](CO)[C@@H](O)[C@H]1O. The normalized spacial score (nSPS) is 33.5. The van der Waals surface area contributed by atoms with Crippen LogP contribution < -0.4 is 5.73 Å². The minimum atomic E-state index is -1.74. The van der Waals surface area contributed by atoms with Crippen LogP contribution in [0.15, 0.2) is 12.7 Å². The van der Waals surface area contributed by atoms with Crippen LogP contribution in [0.2, 0.25) is 0 Å². The first-order chi connectivity index (χ1) is 12.1. The summed E-state index contributed by atoms with van der Waals surface area (Å²) < 4.78 is 13.4. The summed E-state index contributed by atoms with van der Waals surface area (Å²) in [4.78, 5) is 12.3. The van der Waals surface area contributed by atoms with E-state index in [0.717, 1.165) is 25.7 Å². The third kappa shape index (κ3) is 2.49. The lowest BCUT2D eigenvalue weighted by Crippen LogP contribution is -2.49. The smallest absolute Gasteiger partial charge is 0.288 e. The topological polar surface area (TPSA) is 149 Å². The maximum atomic E-state index is 10.7. The van der Waals surface area contributed by atoms with Crippen LogP contribution in [0, 0.1) is 0 Å². The van der Waals surface area contributed by atoms with E-state index in [1.807, 2.05) is 0 Å². The predicted molar refractivity (Wildman–Crippen MR) is 85.0 cm³/mol. The molecule has 2 aliphatic rings. The molecule has 4 atom stereocenters. The molecule has 0 spiro atoms. The van der Waals surface area contributed by atoms with E-state index in [2.05, 4.69) is 15.0 Å². The summed E-state index contributed by atoms with van der Waals surface area (Å²) in [5.41, 5.74) is 6.49. The Kier molecular flexibility index (Phi) is 4.08. The molecule has 5 N–H and O–H groups in total. The zero-order valence-electron chi connectivity index (χ0n) is 13.5. The fraction of sp³-hybridized carbons (Fsp3) is 0.667. The average Bonchev–Trinajstić information content (AvgIpc) is 3.31. The Hall–Kier alpha value is -1.85. The van der Waals surface area contributed by atoms with Crippen LogP contribution >= 0.6 is 0 Å². The van der Waals surface area contributed by atoms with Gasteiger partial charge in [0.1, 0.15) is 30.4 Å². The number of rotatable bonds is 4. The number of aromatic nitrogens is 4. The lowest BCUT2D eigenvalue weighted by molar-refractivity contribution is -0.330. The number of aliphatic hydroxyl groups is 3. The van der Waals surface area contributed by atoms with Crippen molar-refractivity contribution in [1.29, 1.82) is 0 Å². The molecule has 0 amide bonds. The van der Waals surface area contributed by atoms with Crippen LogP contribution in [-0.4, -0.2) is 65.9 Å². The quantitative estimate of drug-likeness (QED) is 0.549. The van der Waals surface area contributed by atoms with Crippen molar-refractivity contribution in [3.8, 4) is 0 Å². The average molecular weight is 351 g/mol. The van der Waals surface area contributed by atoms with Crippen molar-refractivity contribution in [1.82, 2.24) is 19.5 Å². The fourth-order valence-corrected chi connectivity index (χ4v) is 3.60. The lowest BCUT2D eigenvalue weighted by Gasteiger charge is -2.35. The molecular weight excluding hydrogens is 330 g/mol. The number of nitrogens with two attached hydrogens (primary N) is 1. The fourth-order valence-electron chi connectivity index (χ4n) is 3.60. The van der Waals surface area contributed by atoms with E-state index in [9.17, 15) is 15.3 Å². The minimum Gasteiger partial charge on any atom is -0.394 e. The molecular formula is C15H21N5O5. The number of anilines is 1. The van der Waals surface area contributed by atoms with Gasteiger partial charge >= 0.3 is 0 Å². The maximum Gasteiger partial charge on any atom is 0.288 e. The third-order valence-electron chi connectivity index (χ3n) is 4.91. The van der Waals surface area contributed by atoms with E-state index < -0.39 is 30.8 Å². The van der Waals surface area contributed by atoms with Crippen molar-refractivity contribution in [2.24, 2.45) is 0 Å². The highest BCUT2D eigenvalue weighted by molar-refractivity contribution is 5.81. The van der Waals surface area contributed by atoms with Crippen LogP contribution in [0.1, 0.15) is 25.7 Å². The molecule has 25 heavy (non-hydrogen) atoms. The van der Waals surface area contributed by atoms with E-state index in [-0.39, 0.29) is 11.9 Å². The van der Waals surface area contributed by atoms with Gasteiger partial charge in [-0.15, -0.1) is 0 Å². The molecule has 10 nitrogen and oxygen atoms in total. The number of nitrogen functional groups attached to an aromatic ring is 1. The summed E-state index contributed by atoms with van der Waals surface area (Å²) in [6.45, 7) is -0.461. The monoisotopic (exact) mass is 351 g/mol. The maximum absolute atomic E-state index is 10.7. The first-order valence-corrected chi connectivity index (χ1v) is 8.33. The van der Waals surface area contributed by atoms with Crippen LogP contribution in [0.25, 0.3) is 11.2 Å². The highest BCUT2D eigenvalue weighted by Gasteiger charge is 2.58. The molecule has 0 bridgehead atoms. The summed E-state index contributed by atoms with van der Waals surface area (Å²) in [6, 6.07) is 0. The minimum absolute atomic E-state index is 0.143. The van der Waals surface area contributed by atoms with Gasteiger partial charge in [0, 0.05) is 0 Å². The molecule has 2 fully saturated rings. The molecule has 1 aliphatic carbocycles. The van der Waals surface area contributed by atoms with E-state index in [1.165, 1.54) is 17.2 Å². The number of hydrogen-bond acceptors (Lipinski definition) is 9. The van der Waals surface area contributed by atoms with Gasteiger partial charge in [-0.3, -0.25) is 4.57 Å². The number of hydrogen-bond donors (Lipinski definition) is 4. The molecule has 136 valence electrons. The number of imidazole rings is 1. The lowest BCUT2D eigenvalue weighted by atomic mass is 10.1. The molecule has 2 aromatic heterocycles. The summed E-state index contributed by atoms with van der Waals surface area (Å²) in [5.74, 6) is -1.55. The van der Waals surface area contributed by atoms with Gasteiger partial charge in [-0.2, -0.15) is 0 Å². The summed E-state index contributed by atoms with van der Waals surface area (Å²) in [7, 11) is 0. The van der Waals surface area contributed by atoms with Gasteiger partial charge in [-0.1, -0.05) is 12.8 Å². The molecule has 1 saturated carbocycles. The van der Waals surface area contributed by atoms with Crippen LogP contribution in [0.3, 0.4) is 0 Å². The van der Waals surface area contributed by atoms with Gasteiger partial charge < -0.3 is 30.5 Å². The summed E-state index contributed by atoms with van der Waals surface area (Å²) in [5, 5.41) is 30.5. The van der Waals surface area contributed by atoms with Crippen molar-refractivity contribution in [3.05, 3.63) is 12.7 Å². The third-order valence-corrected chi connectivity index (χ3v) is 4.91. The molecule has 4 rings (SSSR count). The second kappa shape index (κ2) is 6.15. The molecule has 0 radical (unpaired) electrons. The molecule has 10 heteroatoms. The van der Waals surface area contributed by atoms with Gasteiger partial charge in [0.05, 0.1) is 12.7 Å². The number of fused-ring (bicyclic) bond motifs is 1. The predicted octanol–water partition coefficient (Wildman–Crippen LogP) is -0.909. The van der Waals surface area contributed by atoms with Crippen molar-refractivity contribution in [2.75, 3.05) is 12.3 Å². The molecule has 0 aromatic carbocycles. The van der Waals surface area contributed by atoms with Crippen molar-refractivity contribution >= 4 is 17.0 Å². The van der Waals surface area contributed by atoms with Gasteiger partial charge in [-0.05, 0) is 12.8 Å². The Labute approximate surface area is 143 Å². The zero-order chi connectivity index (χ0) is 17.6. The van der Waals surface area contributed by atoms with Gasteiger partial charge in [0.15, 0.2) is 17.6 Å². The Balaban J connectivity index is 1.83. The molecule has 2 aromatic rings. The van der Waals surface area contributed by atoms with Gasteiger partial charge in [-0.25, -0.2) is 15.0 Å². The second-order valence-corrected chi connectivity index (χ2v) is 6.48. The van der Waals surface area contributed by atoms with Crippen LogP contribution in [0.4, 0.5) is 5.82 Å². The van der Waals surface area contributed by atoms with E-state index in [1.54, 1.807) is 0 Å². The Morgan fingerprint density at radius 3 is 2.72 bits per heavy atom. The Bertz CT molecular complexity index is 764. The van der Waals surface area contributed by atoms with E-state index >= 15 is 0 Å². The highest BCUT2D eigenvalue weighted by atomic mass is 16.8.